The monoisotopic (exact) mass is 370 g/mol. The molecule has 2 rings (SSSR count). The fourth-order valence-electron chi connectivity index (χ4n) is 2.05. The van der Waals surface area contributed by atoms with E-state index in [4.69, 9.17) is 23.2 Å². The van der Waals surface area contributed by atoms with E-state index >= 15 is 0 Å². The Labute approximate surface area is 147 Å². The minimum atomic E-state index is -1.42. The molecule has 2 aromatic rings. The van der Waals surface area contributed by atoms with Crippen LogP contribution in [0.3, 0.4) is 0 Å². The summed E-state index contributed by atoms with van der Waals surface area (Å²) in [7, 11) is -1.42. The molecule has 0 aliphatic carbocycles. The Bertz CT molecular complexity index is 725. The molecule has 0 saturated carbocycles. The summed E-state index contributed by atoms with van der Waals surface area (Å²) in [5.41, 5.74) is 1.29. The smallest absolute Gasteiger partial charge is 0.319 e. The molecule has 0 aromatic heterocycles. The summed E-state index contributed by atoms with van der Waals surface area (Å²) in [6, 6.07) is 9.79. The maximum absolute atomic E-state index is 12.7. The third-order valence-electron chi connectivity index (χ3n) is 3.04. The average Bonchev–Trinajstić information content (AvgIpc) is 2.47. The number of hydrogen-bond donors (Lipinski definition) is 2. The molecule has 23 heavy (non-hydrogen) atoms. The third kappa shape index (κ3) is 4.47. The highest BCUT2D eigenvalue weighted by atomic mass is 35.5. The Morgan fingerprint density at radius 2 is 1.83 bits per heavy atom. The summed E-state index contributed by atoms with van der Waals surface area (Å²) >= 11 is 12.1. The van der Waals surface area contributed by atoms with Crippen molar-refractivity contribution in [3.63, 3.8) is 0 Å². The molecule has 2 amide bonds. The van der Waals surface area contributed by atoms with Crippen LogP contribution in [0.25, 0.3) is 0 Å². The van der Waals surface area contributed by atoms with E-state index < -0.39 is 10.8 Å². The first-order valence-electron chi connectivity index (χ1n) is 6.94. The zero-order valence-corrected chi connectivity index (χ0v) is 15.0. The number of carbonyl (C=O) groups excluding carboxylic acids is 1. The van der Waals surface area contributed by atoms with Gasteiger partial charge in [0.25, 0.3) is 0 Å². The first kappa shape index (κ1) is 17.8. The van der Waals surface area contributed by atoms with Crippen molar-refractivity contribution in [2.24, 2.45) is 0 Å². The summed E-state index contributed by atoms with van der Waals surface area (Å²) in [5, 5.41) is 6.24. The van der Waals surface area contributed by atoms with E-state index in [2.05, 4.69) is 10.6 Å². The van der Waals surface area contributed by atoms with Gasteiger partial charge in [-0.15, -0.1) is 0 Å². The van der Waals surface area contributed by atoms with Crippen LogP contribution in [0.15, 0.2) is 46.2 Å². The van der Waals surface area contributed by atoms with E-state index in [1.165, 1.54) is 0 Å². The van der Waals surface area contributed by atoms with Crippen LogP contribution >= 0.6 is 23.2 Å². The highest BCUT2D eigenvalue weighted by molar-refractivity contribution is 7.85. The van der Waals surface area contributed by atoms with Gasteiger partial charge in [0, 0.05) is 22.2 Å². The fraction of sp³-hybridized carbons (Fsp3) is 0.188. The van der Waals surface area contributed by atoms with Gasteiger partial charge in [-0.1, -0.05) is 23.2 Å². The van der Waals surface area contributed by atoms with E-state index in [-0.39, 0.29) is 6.03 Å². The molecular formula is C16H16Cl2N2O2S. The van der Waals surface area contributed by atoms with Crippen molar-refractivity contribution < 1.29 is 9.00 Å². The van der Waals surface area contributed by atoms with Crippen molar-refractivity contribution in [1.29, 1.82) is 0 Å². The Hall–Kier alpha value is -1.56. The molecule has 0 fully saturated rings. The number of benzene rings is 2. The number of amides is 2. The van der Waals surface area contributed by atoms with Crippen molar-refractivity contribution in [2.45, 2.75) is 23.6 Å². The summed E-state index contributed by atoms with van der Waals surface area (Å²) in [6.45, 7) is 4.16. The predicted molar refractivity (Wildman–Crippen MR) is 95.0 cm³/mol. The normalized spacial score (nSPS) is 11.8. The molecule has 0 saturated heterocycles. The number of halogens is 2. The fourth-order valence-corrected chi connectivity index (χ4v) is 3.86. The van der Waals surface area contributed by atoms with Crippen molar-refractivity contribution >= 4 is 45.7 Å². The first-order chi connectivity index (χ1) is 10.9. The van der Waals surface area contributed by atoms with E-state index in [9.17, 15) is 9.00 Å². The molecule has 0 radical (unpaired) electrons. The van der Waals surface area contributed by atoms with Gasteiger partial charge in [0.15, 0.2) is 0 Å². The minimum Gasteiger partial charge on any atom is -0.338 e. The van der Waals surface area contributed by atoms with Crippen LogP contribution < -0.4 is 10.6 Å². The molecule has 0 aliphatic heterocycles. The van der Waals surface area contributed by atoms with Gasteiger partial charge >= 0.3 is 6.03 Å². The molecule has 7 heteroatoms. The Morgan fingerprint density at radius 1 is 1.17 bits per heavy atom. The lowest BCUT2D eigenvalue weighted by Gasteiger charge is -2.12. The number of nitrogens with one attached hydrogen (secondary N) is 2. The van der Waals surface area contributed by atoms with Gasteiger partial charge in [0.05, 0.1) is 20.7 Å². The lowest BCUT2D eigenvalue weighted by molar-refractivity contribution is 0.252. The van der Waals surface area contributed by atoms with Crippen LogP contribution in [0.5, 0.6) is 0 Å². The first-order valence-corrected chi connectivity index (χ1v) is 8.85. The van der Waals surface area contributed by atoms with Crippen LogP contribution in [0.1, 0.15) is 12.5 Å². The minimum absolute atomic E-state index is 0.311. The van der Waals surface area contributed by atoms with Crippen molar-refractivity contribution in [1.82, 2.24) is 5.32 Å². The maximum Gasteiger partial charge on any atom is 0.319 e. The van der Waals surface area contributed by atoms with Crippen molar-refractivity contribution in [2.75, 3.05) is 11.9 Å². The lowest BCUT2D eigenvalue weighted by Crippen LogP contribution is -2.28. The van der Waals surface area contributed by atoms with Gasteiger partial charge < -0.3 is 10.6 Å². The highest BCUT2D eigenvalue weighted by Crippen LogP contribution is 2.31. The van der Waals surface area contributed by atoms with E-state index in [1.54, 1.807) is 43.3 Å². The largest absolute Gasteiger partial charge is 0.338 e. The van der Waals surface area contributed by atoms with Crippen LogP contribution in [-0.2, 0) is 10.8 Å². The Balaban J connectivity index is 2.31. The number of carbonyl (C=O) groups is 1. The van der Waals surface area contributed by atoms with Gasteiger partial charge in [-0.3, -0.25) is 0 Å². The molecule has 0 bridgehead atoms. The van der Waals surface area contributed by atoms with Gasteiger partial charge in [0.1, 0.15) is 0 Å². The van der Waals surface area contributed by atoms with Gasteiger partial charge in [-0.25, -0.2) is 9.00 Å². The third-order valence-corrected chi connectivity index (χ3v) is 5.31. The number of rotatable bonds is 4. The maximum atomic E-state index is 12.7. The van der Waals surface area contributed by atoms with Crippen LogP contribution in [-0.4, -0.2) is 16.8 Å². The molecule has 0 heterocycles. The zero-order valence-electron chi connectivity index (χ0n) is 12.7. The molecular weight excluding hydrogens is 355 g/mol. The quantitative estimate of drug-likeness (QED) is 0.825. The Morgan fingerprint density at radius 3 is 2.39 bits per heavy atom. The molecule has 1 atom stereocenters. The molecule has 1 unspecified atom stereocenters. The van der Waals surface area contributed by atoms with Crippen molar-refractivity contribution in [3.05, 3.63) is 52.0 Å². The van der Waals surface area contributed by atoms with Crippen molar-refractivity contribution in [3.8, 4) is 0 Å². The highest BCUT2D eigenvalue weighted by Gasteiger charge is 2.16. The lowest BCUT2D eigenvalue weighted by atomic mass is 10.2. The SMILES string of the molecule is CCNC(=O)Nc1cc(C)c(S(=O)c2ccc(Cl)cc2)c(Cl)c1. The summed E-state index contributed by atoms with van der Waals surface area (Å²) in [5.74, 6) is 0. The second-order valence-corrected chi connectivity index (χ2v) is 7.07. The predicted octanol–water partition coefficient (Wildman–Crippen LogP) is 4.61. The second kappa shape index (κ2) is 7.81. The molecule has 2 aromatic carbocycles. The molecule has 122 valence electrons. The standard InChI is InChI=1S/C16H16Cl2N2O2S/c1-3-19-16(21)20-12-8-10(2)15(14(18)9-12)23(22)13-6-4-11(17)5-7-13/h4-9H,3H2,1-2H3,(H2,19,20,21). The molecule has 0 spiro atoms. The summed E-state index contributed by atoms with van der Waals surface area (Å²) in [4.78, 5) is 12.7. The van der Waals surface area contributed by atoms with E-state index in [1.807, 2.05) is 6.92 Å². The number of urea groups is 1. The summed E-state index contributed by atoms with van der Waals surface area (Å²) in [6.07, 6.45) is 0. The van der Waals surface area contributed by atoms with Gasteiger partial charge in [0.2, 0.25) is 0 Å². The van der Waals surface area contributed by atoms with E-state index in [0.29, 0.717) is 32.1 Å². The number of hydrogen-bond acceptors (Lipinski definition) is 2. The Kier molecular flexibility index (Phi) is 6.04. The summed E-state index contributed by atoms with van der Waals surface area (Å²) < 4.78 is 12.7. The molecule has 4 nitrogen and oxygen atoms in total. The number of aryl methyl sites for hydroxylation is 1. The van der Waals surface area contributed by atoms with Gasteiger partial charge in [-0.2, -0.15) is 0 Å². The average molecular weight is 371 g/mol. The zero-order chi connectivity index (χ0) is 17.0. The van der Waals surface area contributed by atoms with Crippen LogP contribution in [0.2, 0.25) is 10.0 Å². The topological polar surface area (TPSA) is 58.2 Å². The van der Waals surface area contributed by atoms with Crippen LogP contribution in [0.4, 0.5) is 10.5 Å². The molecule has 2 N–H and O–H groups in total. The number of anilines is 1. The van der Waals surface area contributed by atoms with Crippen LogP contribution in [0, 0.1) is 6.92 Å². The molecule has 0 aliphatic rings. The van der Waals surface area contributed by atoms with Gasteiger partial charge in [-0.05, 0) is 55.8 Å². The second-order valence-electron chi connectivity index (χ2n) is 4.81. The van der Waals surface area contributed by atoms with E-state index in [0.717, 1.165) is 5.56 Å².